The number of hydrogen-bond acceptors (Lipinski definition) is 3. The molecule has 1 fully saturated rings. The number of carbonyl (C=O) groups is 1. The van der Waals surface area contributed by atoms with Crippen LogP contribution in [0.4, 0.5) is 4.39 Å². The number of fused-ring (bicyclic) bond motifs is 2. The van der Waals surface area contributed by atoms with Crippen LogP contribution in [0.15, 0.2) is 36.4 Å². The summed E-state index contributed by atoms with van der Waals surface area (Å²) in [4.78, 5) is 14.6. The Hall–Kier alpha value is -1.46. The van der Waals surface area contributed by atoms with Crippen LogP contribution in [0.2, 0.25) is 10.0 Å². The molecule has 0 amide bonds. The molecule has 0 bridgehead atoms. The highest BCUT2D eigenvalue weighted by atomic mass is 35.5. The first-order valence-electron chi connectivity index (χ1n) is 9.57. The van der Waals surface area contributed by atoms with Gasteiger partial charge in [-0.05, 0) is 68.2 Å². The van der Waals surface area contributed by atoms with Gasteiger partial charge in [0.15, 0.2) is 5.78 Å². The molecule has 2 aliphatic rings. The van der Waals surface area contributed by atoms with Gasteiger partial charge in [-0.1, -0.05) is 29.3 Å². The fourth-order valence-corrected chi connectivity index (χ4v) is 5.17. The number of ketones is 1. The molecule has 2 unspecified atom stereocenters. The molecule has 0 saturated carbocycles. The molecule has 2 atom stereocenters. The molecule has 1 heterocycles. The molecule has 28 heavy (non-hydrogen) atoms. The van der Waals surface area contributed by atoms with E-state index in [0.29, 0.717) is 28.5 Å². The van der Waals surface area contributed by atoms with Gasteiger partial charge in [0.2, 0.25) is 0 Å². The van der Waals surface area contributed by atoms with Crippen molar-refractivity contribution in [3.05, 3.63) is 69.0 Å². The second kappa shape index (κ2) is 7.75. The van der Waals surface area contributed by atoms with Crippen molar-refractivity contribution in [2.45, 2.75) is 37.2 Å². The minimum Gasteiger partial charge on any atom is -0.388 e. The van der Waals surface area contributed by atoms with Crippen LogP contribution in [0.1, 0.15) is 53.3 Å². The van der Waals surface area contributed by atoms with Gasteiger partial charge in [-0.15, -0.1) is 0 Å². The summed E-state index contributed by atoms with van der Waals surface area (Å²) in [5, 5.41) is 11.5. The third-order valence-electron chi connectivity index (χ3n) is 6.10. The number of benzene rings is 2. The van der Waals surface area contributed by atoms with Gasteiger partial charge < -0.3 is 10.0 Å². The third kappa shape index (κ3) is 3.59. The van der Waals surface area contributed by atoms with Crippen molar-refractivity contribution < 1.29 is 14.3 Å². The standard InChI is InChI=1S/C22H22Cl2FNO2/c23-17-8-7-16-20(21(17)24)19(28)12-22(16)9-11-26(13-22)10-1-2-18(27)14-3-5-15(25)6-4-14/h3-8,19,28H,1-2,9-13H2. The van der Waals surface area contributed by atoms with Gasteiger partial charge >= 0.3 is 0 Å². The molecule has 1 spiro atoms. The van der Waals surface area contributed by atoms with Crippen molar-refractivity contribution in [3.8, 4) is 0 Å². The van der Waals surface area contributed by atoms with Crippen LogP contribution in [0, 0.1) is 5.82 Å². The van der Waals surface area contributed by atoms with Crippen LogP contribution >= 0.6 is 23.2 Å². The van der Waals surface area contributed by atoms with Crippen molar-refractivity contribution >= 4 is 29.0 Å². The Labute approximate surface area is 174 Å². The van der Waals surface area contributed by atoms with Crippen LogP contribution in [-0.4, -0.2) is 35.4 Å². The lowest BCUT2D eigenvalue weighted by Gasteiger charge is -2.25. The first kappa shape index (κ1) is 19.8. The van der Waals surface area contributed by atoms with E-state index in [0.717, 1.165) is 43.6 Å². The molecule has 4 rings (SSSR count). The summed E-state index contributed by atoms with van der Waals surface area (Å²) >= 11 is 12.5. The molecule has 2 aromatic rings. The Bertz CT molecular complexity index is 902. The third-order valence-corrected chi connectivity index (χ3v) is 6.92. The summed E-state index contributed by atoms with van der Waals surface area (Å²) in [6.45, 7) is 2.60. The Morgan fingerprint density at radius 1 is 1.21 bits per heavy atom. The van der Waals surface area contributed by atoms with E-state index in [1.54, 1.807) is 0 Å². The monoisotopic (exact) mass is 421 g/mol. The zero-order chi connectivity index (χ0) is 19.9. The highest BCUT2D eigenvalue weighted by Crippen LogP contribution is 2.53. The maximum absolute atomic E-state index is 13.0. The molecule has 0 radical (unpaired) electrons. The first-order chi connectivity index (χ1) is 13.4. The van der Waals surface area contributed by atoms with Crippen molar-refractivity contribution in [2.75, 3.05) is 19.6 Å². The number of carbonyl (C=O) groups excluding carboxylic acids is 1. The Morgan fingerprint density at radius 2 is 1.96 bits per heavy atom. The predicted molar refractivity (Wildman–Crippen MR) is 109 cm³/mol. The van der Waals surface area contributed by atoms with Crippen molar-refractivity contribution in [1.29, 1.82) is 0 Å². The Balaban J connectivity index is 1.37. The van der Waals surface area contributed by atoms with Gasteiger partial charge in [0, 0.05) is 29.5 Å². The van der Waals surface area contributed by atoms with Gasteiger partial charge in [0.1, 0.15) is 5.82 Å². The lowest BCUT2D eigenvalue weighted by molar-refractivity contribution is 0.0975. The second-order valence-corrected chi connectivity index (χ2v) is 8.67. The van der Waals surface area contributed by atoms with E-state index in [1.165, 1.54) is 24.3 Å². The fraction of sp³-hybridized carbons (Fsp3) is 0.409. The fourth-order valence-electron chi connectivity index (χ4n) is 4.72. The number of Topliss-reactive ketones (excluding diaryl/α,β-unsaturated/α-hetero) is 1. The summed E-state index contributed by atoms with van der Waals surface area (Å²) in [5.41, 5.74) is 2.35. The second-order valence-electron chi connectivity index (χ2n) is 7.88. The topological polar surface area (TPSA) is 40.5 Å². The minimum atomic E-state index is -0.582. The predicted octanol–water partition coefficient (Wildman–Crippen LogP) is 5.18. The molecule has 1 saturated heterocycles. The van der Waals surface area contributed by atoms with Crippen LogP contribution in [0.3, 0.4) is 0 Å². The number of halogens is 3. The smallest absolute Gasteiger partial charge is 0.162 e. The van der Waals surface area contributed by atoms with Gasteiger partial charge in [-0.3, -0.25) is 4.79 Å². The SMILES string of the molecule is O=C(CCCN1CCC2(CC(O)c3c2ccc(Cl)c3Cl)C1)c1ccc(F)cc1. The average Bonchev–Trinajstić information content (AvgIpc) is 3.19. The Morgan fingerprint density at radius 3 is 2.71 bits per heavy atom. The number of aliphatic hydroxyl groups excluding tert-OH is 1. The highest BCUT2D eigenvalue weighted by molar-refractivity contribution is 6.42. The molecule has 148 valence electrons. The number of nitrogens with zero attached hydrogens (tertiary/aromatic N) is 1. The summed E-state index contributed by atoms with van der Waals surface area (Å²) in [7, 11) is 0. The largest absolute Gasteiger partial charge is 0.388 e. The van der Waals surface area contributed by atoms with Crippen LogP contribution in [0.5, 0.6) is 0 Å². The maximum Gasteiger partial charge on any atom is 0.162 e. The molecule has 3 nitrogen and oxygen atoms in total. The summed E-state index contributed by atoms with van der Waals surface area (Å²) in [5.74, 6) is -0.295. The highest BCUT2D eigenvalue weighted by Gasteiger charge is 2.48. The van der Waals surface area contributed by atoms with Crippen LogP contribution < -0.4 is 0 Å². The summed E-state index contributed by atoms with van der Waals surface area (Å²) in [6.07, 6.45) is 2.23. The molecular weight excluding hydrogens is 400 g/mol. The molecule has 1 aliphatic heterocycles. The van der Waals surface area contributed by atoms with Crippen LogP contribution in [0.25, 0.3) is 0 Å². The van der Waals surface area contributed by atoms with Gasteiger partial charge in [-0.2, -0.15) is 0 Å². The maximum atomic E-state index is 13.0. The lowest BCUT2D eigenvalue weighted by Crippen LogP contribution is -2.30. The van der Waals surface area contributed by atoms with Gasteiger partial charge in [-0.25, -0.2) is 4.39 Å². The molecule has 6 heteroatoms. The zero-order valence-corrected chi connectivity index (χ0v) is 16.9. The van der Waals surface area contributed by atoms with E-state index >= 15 is 0 Å². The molecule has 0 aromatic heterocycles. The number of hydrogen-bond donors (Lipinski definition) is 1. The van der Waals surface area contributed by atoms with Crippen molar-refractivity contribution in [3.63, 3.8) is 0 Å². The molecule has 1 N–H and O–H groups in total. The molecule has 1 aliphatic carbocycles. The average molecular weight is 422 g/mol. The van der Waals surface area contributed by atoms with Crippen LogP contribution in [-0.2, 0) is 5.41 Å². The van der Waals surface area contributed by atoms with E-state index in [-0.39, 0.29) is 17.0 Å². The lowest BCUT2D eigenvalue weighted by atomic mass is 9.81. The van der Waals surface area contributed by atoms with E-state index in [4.69, 9.17) is 23.2 Å². The molecular formula is C22H22Cl2FNO2. The molecule has 2 aromatic carbocycles. The van der Waals surface area contributed by atoms with Gasteiger partial charge in [0.25, 0.3) is 0 Å². The zero-order valence-electron chi connectivity index (χ0n) is 15.4. The Kier molecular flexibility index (Phi) is 5.49. The first-order valence-corrected chi connectivity index (χ1v) is 10.3. The van der Waals surface area contributed by atoms with Gasteiger partial charge in [0.05, 0.1) is 16.1 Å². The van der Waals surface area contributed by atoms with E-state index in [1.807, 2.05) is 12.1 Å². The van der Waals surface area contributed by atoms with Crippen molar-refractivity contribution in [1.82, 2.24) is 4.90 Å². The quantitative estimate of drug-likeness (QED) is 0.676. The number of rotatable bonds is 5. The number of likely N-dealkylation sites (tertiary alicyclic amines) is 1. The minimum absolute atomic E-state index is 0.0389. The number of aliphatic hydroxyl groups is 1. The van der Waals surface area contributed by atoms with E-state index in [9.17, 15) is 14.3 Å². The van der Waals surface area contributed by atoms with Crippen molar-refractivity contribution in [2.24, 2.45) is 0 Å². The van der Waals surface area contributed by atoms with E-state index in [2.05, 4.69) is 4.90 Å². The summed E-state index contributed by atoms with van der Waals surface area (Å²) in [6, 6.07) is 9.52. The van der Waals surface area contributed by atoms with E-state index < -0.39 is 6.10 Å². The summed E-state index contributed by atoms with van der Waals surface area (Å²) < 4.78 is 13.0. The normalized spacial score (nSPS) is 24.1.